The quantitative estimate of drug-likeness (QED) is 0.442. The van der Waals surface area contributed by atoms with Crippen LogP contribution in [0.2, 0.25) is 0 Å². The summed E-state index contributed by atoms with van der Waals surface area (Å²) in [6, 6.07) is 6.43. The number of hydrogen-bond donors (Lipinski definition) is 4. The lowest BCUT2D eigenvalue weighted by atomic mass is 9.90. The van der Waals surface area contributed by atoms with Gasteiger partial charge in [0.25, 0.3) is 0 Å². The Morgan fingerprint density at radius 3 is 2.85 bits per heavy atom. The molecule has 34 heavy (non-hydrogen) atoms. The van der Waals surface area contributed by atoms with Crippen molar-refractivity contribution in [3.8, 4) is 0 Å². The highest BCUT2D eigenvalue weighted by molar-refractivity contribution is 5.90. The maximum atomic E-state index is 13.5. The number of nitrogens with two attached hydrogens (primary N) is 1. The molecule has 2 saturated carbocycles. The molecule has 3 aromatic heterocycles. The summed E-state index contributed by atoms with van der Waals surface area (Å²) in [7, 11) is 0. The molecule has 1 aliphatic heterocycles. The molecule has 6 rings (SSSR count). The van der Waals surface area contributed by atoms with Crippen LogP contribution in [0.1, 0.15) is 69.9 Å². The Labute approximate surface area is 198 Å². The van der Waals surface area contributed by atoms with Gasteiger partial charge in [0.2, 0.25) is 11.9 Å². The molecule has 3 aromatic rings. The van der Waals surface area contributed by atoms with Crippen LogP contribution in [0.15, 0.2) is 24.4 Å². The smallest absolute Gasteiger partial charge is 0.246 e. The zero-order chi connectivity index (χ0) is 23.3. The van der Waals surface area contributed by atoms with Gasteiger partial charge in [-0.05, 0) is 70.4 Å². The second-order valence-electron chi connectivity index (χ2n) is 10.3. The van der Waals surface area contributed by atoms with Crippen LogP contribution in [0.25, 0.3) is 5.52 Å². The first-order chi connectivity index (χ1) is 16.5. The molecule has 1 atom stereocenters. The Balaban J connectivity index is 1.26. The van der Waals surface area contributed by atoms with E-state index in [0.717, 1.165) is 62.1 Å². The van der Waals surface area contributed by atoms with E-state index in [2.05, 4.69) is 31.8 Å². The summed E-state index contributed by atoms with van der Waals surface area (Å²) in [6.45, 7) is 2.75. The van der Waals surface area contributed by atoms with Gasteiger partial charge in [0.05, 0.1) is 0 Å². The summed E-state index contributed by atoms with van der Waals surface area (Å²) in [6.07, 6.45) is 9.82. The van der Waals surface area contributed by atoms with Gasteiger partial charge in [-0.15, -0.1) is 5.10 Å². The summed E-state index contributed by atoms with van der Waals surface area (Å²) < 4.78 is 1.82. The van der Waals surface area contributed by atoms with E-state index in [1.807, 2.05) is 29.8 Å². The van der Waals surface area contributed by atoms with E-state index in [1.165, 1.54) is 12.8 Å². The number of carbonyl (C=O) groups excluding carboxylic acids is 1. The third-order valence-electron chi connectivity index (χ3n) is 7.72. The lowest BCUT2D eigenvalue weighted by Crippen LogP contribution is -2.57. The van der Waals surface area contributed by atoms with E-state index >= 15 is 0 Å². The van der Waals surface area contributed by atoms with Gasteiger partial charge in [-0.25, -0.2) is 4.52 Å². The Kier molecular flexibility index (Phi) is 5.20. The van der Waals surface area contributed by atoms with Crippen LogP contribution in [0.4, 0.5) is 17.6 Å². The second-order valence-corrected chi connectivity index (χ2v) is 10.3. The summed E-state index contributed by atoms with van der Waals surface area (Å²) in [5, 5.41) is 19.0. The number of fused-ring (bicyclic) bond motifs is 1. The maximum absolute atomic E-state index is 13.5. The fraction of sp³-hybridized carbons (Fsp3) is 0.583. The molecule has 1 unspecified atom stereocenters. The molecule has 10 heteroatoms. The van der Waals surface area contributed by atoms with E-state index in [-0.39, 0.29) is 18.0 Å². The predicted molar refractivity (Wildman–Crippen MR) is 130 cm³/mol. The largest absolute Gasteiger partial charge is 0.351 e. The monoisotopic (exact) mass is 463 g/mol. The average Bonchev–Trinajstić information content (AvgIpc) is 3.20. The normalized spacial score (nSPS) is 27.3. The first-order valence-electron chi connectivity index (χ1n) is 12.5. The topological polar surface area (TPSA) is 129 Å². The molecule has 4 heterocycles. The number of aromatic amines is 1. The number of nitrogens with zero attached hydrogens (tertiary/aromatic N) is 5. The zero-order valence-corrected chi connectivity index (χ0v) is 19.6. The van der Waals surface area contributed by atoms with E-state index in [9.17, 15) is 4.79 Å². The standard InChI is InChI=1S/C24H33N9O/c1-24(22(34)26-17-9-7-16(25)8-10-17)11-3-12-32(24)23-28-21(19-4-2-13-33(19)31-23)27-20-14-18(29-30-20)15-5-6-15/h2,4,13-17H,3,5-12,25H2,1H3,(H,26,34)(H2,27,28,29,30,31). The number of H-pyrrole nitrogens is 1. The number of rotatable bonds is 6. The highest BCUT2D eigenvalue weighted by Crippen LogP contribution is 2.40. The molecule has 10 nitrogen and oxygen atoms in total. The number of anilines is 3. The molecule has 0 aromatic carbocycles. The van der Waals surface area contributed by atoms with Crippen molar-refractivity contribution in [1.29, 1.82) is 0 Å². The van der Waals surface area contributed by atoms with Crippen molar-refractivity contribution in [3.05, 3.63) is 30.1 Å². The van der Waals surface area contributed by atoms with Gasteiger partial charge in [0.15, 0.2) is 11.6 Å². The Morgan fingerprint density at radius 2 is 2.06 bits per heavy atom. The molecule has 1 amide bonds. The molecular formula is C24H33N9O. The first-order valence-corrected chi connectivity index (χ1v) is 12.5. The van der Waals surface area contributed by atoms with Gasteiger partial charge in [0, 0.05) is 42.5 Å². The highest BCUT2D eigenvalue weighted by Gasteiger charge is 2.45. The van der Waals surface area contributed by atoms with Crippen molar-refractivity contribution in [1.82, 2.24) is 30.1 Å². The van der Waals surface area contributed by atoms with E-state index < -0.39 is 5.54 Å². The van der Waals surface area contributed by atoms with Crippen LogP contribution >= 0.6 is 0 Å². The van der Waals surface area contributed by atoms with Crippen molar-refractivity contribution in [2.75, 3.05) is 16.8 Å². The number of aromatic nitrogens is 5. The Morgan fingerprint density at radius 1 is 1.24 bits per heavy atom. The maximum Gasteiger partial charge on any atom is 0.246 e. The van der Waals surface area contributed by atoms with E-state index in [1.54, 1.807) is 0 Å². The molecule has 1 saturated heterocycles. The zero-order valence-electron chi connectivity index (χ0n) is 19.6. The van der Waals surface area contributed by atoms with Crippen LogP contribution in [0.5, 0.6) is 0 Å². The number of amides is 1. The minimum absolute atomic E-state index is 0.0533. The lowest BCUT2D eigenvalue weighted by Gasteiger charge is -2.36. The molecule has 2 aliphatic carbocycles. The van der Waals surface area contributed by atoms with Crippen molar-refractivity contribution < 1.29 is 4.79 Å². The van der Waals surface area contributed by atoms with Gasteiger partial charge < -0.3 is 21.3 Å². The minimum atomic E-state index is -0.691. The molecule has 180 valence electrons. The van der Waals surface area contributed by atoms with Crippen LogP contribution in [0, 0.1) is 0 Å². The number of hydrogen-bond acceptors (Lipinski definition) is 7. The molecular weight excluding hydrogens is 430 g/mol. The molecule has 0 spiro atoms. The lowest BCUT2D eigenvalue weighted by molar-refractivity contribution is -0.126. The SMILES string of the molecule is CC1(C(=O)NC2CCC(N)CC2)CCCN1c1nc(Nc2cc(C3CC3)[nH]n2)c2cccn2n1. The van der Waals surface area contributed by atoms with Crippen molar-refractivity contribution >= 4 is 29.0 Å². The van der Waals surface area contributed by atoms with Gasteiger partial charge in [-0.1, -0.05) is 0 Å². The minimum Gasteiger partial charge on any atom is -0.351 e. The van der Waals surface area contributed by atoms with Crippen LogP contribution in [-0.2, 0) is 4.79 Å². The van der Waals surface area contributed by atoms with Crippen molar-refractivity contribution in [3.63, 3.8) is 0 Å². The molecule has 3 fully saturated rings. The third kappa shape index (κ3) is 3.89. The first kappa shape index (κ1) is 21.4. The van der Waals surface area contributed by atoms with Crippen LogP contribution < -0.4 is 21.3 Å². The molecule has 5 N–H and O–H groups in total. The van der Waals surface area contributed by atoms with Crippen molar-refractivity contribution in [2.24, 2.45) is 5.73 Å². The Hall–Kier alpha value is -3.14. The molecule has 0 bridgehead atoms. The van der Waals surface area contributed by atoms with Gasteiger partial charge in [-0.2, -0.15) is 10.1 Å². The Bertz CT molecular complexity index is 1190. The number of nitrogens with one attached hydrogen (secondary N) is 3. The summed E-state index contributed by atoms with van der Waals surface area (Å²) in [4.78, 5) is 20.4. The summed E-state index contributed by atoms with van der Waals surface area (Å²) in [5.41, 5.74) is 7.38. The fourth-order valence-electron chi connectivity index (χ4n) is 5.38. The molecule has 3 aliphatic rings. The fourth-order valence-corrected chi connectivity index (χ4v) is 5.38. The highest BCUT2D eigenvalue weighted by atomic mass is 16.2. The average molecular weight is 464 g/mol. The van der Waals surface area contributed by atoms with E-state index in [0.29, 0.717) is 17.7 Å². The second kappa shape index (κ2) is 8.26. The van der Waals surface area contributed by atoms with Crippen LogP contribution in [-0.4, -0.2) is 54.9 Å². The van der Waals surface area contributed by atoms with Crippen LogP contribution in [0.3, 0.4) is 0 Å². The summed E-state index contributed by atoms with van der Waals surface area (Å²) >= 11 is 0. The van der Waals surface area contributed by atoms with Gasteiger partial charge in [0.1, 0.15) is 11.1 Å². The third-order valence-corrected chi connectivity index (χ3v) is 7.72. The van der Waals surface area contributed by atoms with Crippen molar-refractivity contribution in [2.45, 2.75) is 81.8 Å². The molecule has 0 radical (unpaired) electrons. The van der Waals surface area contributed by atoms with E-state index in [4.69, 9.17) is 15.8 Å². The number of carbonyl (C=O) groups is 1. The predicted octanol–water partition coefficient (Wildman–Crippen LogP) is 2.82. The summed E-state index contributed by atoms with van der Waals surface area (Å²) in [5.74, 6) is 2.62. The van der Waals surface area contributed by atoms with Gasteiger partial charge in [-0.3, -0.25) is 9.89 Å². The van der Waals surface area contributed by atoms with Gasteiger partial charge >= 0.3 is 0 Å².